The predicted molar refractivity (Wildman–Crippen MR) is 79.7 cm³/mol. The van der Waals surface area contributed by atoms with Gasteiger partial charge in [0.2, 0.25) is 0 Å². The molecule has 3 nitrogen and oxygen atoms in total. The van der Waals surface area contributed by atoms with Gasteiger partial charge in [0.05, 0.1) is 21.6 Å². The minimum Gasteiger partial charge on any atom is -0.306 e. The van der Waals surface area contributed by atoms with Crippen LogP contribution in [0.15, 0.2) is 18.2 Å². The molecule has 2 rings (SSSR count). The maximum Gasteiger partial charge on any atom is 0.151 e. The molecule has 1 aliphatic rings. The molecule has 19 heavy (non-hydrogen) atoms. The van der Waals surface area contributed by atoms with Crippen molar-refractivity contribution in [2.45, 2.75) is 31.8 Å². The molecule has 2 unspecified atom stereocenters. The third-order valence-electron chi connectivity index (χ3n) is 3.40. The van der Waals surface area contributed by atoms with Crippen molar-refractivity contribution < 1.29 is 8.42 Å². The van der Waals surface area contributed by atoms with Gasteiger partial charge in [0.15, 0.2) is 9.84 Å². The van der Waals surface area contributed by atoms with Crippen LogP contribution in [0, 0.1) is 0 Å². The van der Waals surface area contributed by atoms with Gasteiger partial charge in [-0.1, -0.05) is 35.3 Å². The van der Waals surface area contributed by atoms with E-state index in [1.807, 2.05) is 19.1 Å². The van der Waals surface area contributed by atoms with Gasteiger partial charge >= 0.3 is 0 Å². The highest BCUT2D eigenvalue weighted by atomic mass is 35.5. The Balaban J connectivity index is 2.09. The molecular weight excluding hydrogens is 305 g/mol. The lowest BCUT2D eigenvalue weighted by atomic mass is 10.1. The first-order valence-corrected chi connectivity index (χ1v) is 8.87. The molecule has 2 atom stereocenters. The summed E-state index contributed by atoms with van der Waals surface area (Å²) in [5.41, 5.74) is 0.900. The lowest BCUT2D eigenvalue weighted by Crippen LogP contribution is -2.41. The Labute approximate surface area is 124 Å². The Kier molecular flexibility index (Phi) is 4.77. The van der Waals surface area contributed by atoms with Gasteiger partial charge in [0.25, 0.3) is 0 Å². The Bertz CT molecular complexity index is 560. The SMILES string of the molecule is CC(NC1CCCS(=O)(=O)C1)c1cccc(Cl)c1Cl. The minimum absolute atomic E-state index is 0.0104. The van der Waals surface area contributed by atoms with Crippen LogP contribution in [0.4, 0.5) is 0 Å². The zero-order chi connectivity index (χ0) is 14.0. The molecule has 1 aromatic carbocycles. The van der Waals surface area contributed by atoms with E-state index < -0.39 is 9.84 Å². The van der Waals surface area contributed by atoms with E-state index in [4.69, 9.17) is 23.2 Å². The van der Waals surface area contributed by atoms with E-state index in [1.54, 1.807) is 6.07 Å². The first kappa shape index (κ1) is 15.1. The molecule has 0 amide bonds. The van der Waals surface area contributed by atoms with Gasteiger partial charge in [-0.05, 0) is 31.4 Å². The molecule has 0 aromatic heterocycles. The molecule has 1 fully saturated rings. The molecule has 1 N–H and O–H groups in total. The van der Waals surface area contributed by atoms with Crippen molar-refractivity contribution in [2.24, 2.45) is 0 Å². The van der Waals surface area contributed by atoms with E-state index in [9.17, 15) is 8.42 Å². The van der Waals surface area contributed by atoms with E-state index in [2.05, 4.69) is 5.32 Å². The van der Waals surface area contributed by atoms with E-state index in [0.29, 0.717) is 15.8 Å². The van der Waals surface area contributed by atoms with Crippen LogP contribution in [0.5, 0.6) is 0 Å². The monoisotopic (exact) mass is 321 g/mol. The molecule has 1 aromatic rings. The summed E-state index contributed by atoms with van der Waals surface area (Å²) in [4.78, 5) is 0. The quantitative estimate of drug-likeness (QED) is 0.929. The zero-order valence-electron chi connectivity index (χ0n) is 10.7. The van der Waals surface area contributed by atoms with Crippen molar-refractivity contribution in [3.63, 3.8) is 0 Å². The lowest BCUT2D eigenvalue weighted by Gasteiger charge is -2.27. The van der Waals surface area contributed by atoms with Crippen molar-refractivity contribution in [1.29, 1.82) is 0 Å². The van der Waals surface area contributed by atoms with Crippen LogP contribution in [0.25, 0.3) is 0 Å². The van der Waals surface area contributed by atoms with Gasteiger partial charge in [-0.15, -0.1) is 0 Å². The zero-order valence-corrected chi connectivity index (χ0v) is 13.0. The Hall–Kier alpha value is -0.290. The number of sulfone groups is 1. The molecule has 0 spiro atoms. The maximum atomic E-state index is 11.6. The van der Waals surface area contributed by atoms with Crippen LogP contribution in [0.3, 0.4) is 0 Å². The van der Waals surface area contributed by atoms with E-state index in [-0.39, 0.29) is 17.8 Å². The van der Waals surface area contributed by atoms with Gasteiger partial charge < -0.3 is 5.32 Å². The largest absolute Gasteiger partial charge is 0.306 e. The molecule has 106 valence electrons. The van der Waals surface area contributed by atoms with Crippen LogP contribution in [0.1, 0.15) is 31.4 Å². The van der Waals surface area contributed by atoms with Crippen LogP contribution in [0.2, 0.25) is 10.0 Å². The van der Waals surface area contributed by atoms with Crippen LogP contribution in [-0.2, 0) is 9.84 Å². The number of nitrogens with one attached hydrogen (secondary N) is 1. The average Bonchev–Trinajstić information content (AvgIpc) is 2.31. The second-order valence-corrected chi connectivity index (χ2v) is 8.00. The second-order valence-electron chi connectivity index (χ2n) is 4.98. The molecule has 0 bridgehead atoms. The predicted octanol–water partition coefficient (Wildman–Crippen LogP) is 3.22. The van der Waals surface area contributed by atoms with E-state index in [0.717, 1.165) is 18.4 Å². The van der Waals surface area contributed by atoms with Crippen molar-refractivity contribution in [3.05, 3.63) is 33.8 Å². The van der Waals surface area contributed by atoms with Gasteiger partial charge in [0, 0.05) is 12.1 Å². The first-order chi connectivity index (χ1) is 8.89. The van der Waals surface area contributed by atoms with Gasteiger partial charge in [-0.25, -0.2) is 8.42 Å². The fourth-order valence-electron chi connectivity index (χ4n) is 2.45. The number of halogens is 2. The number of hydrogen-bond acceptors (Lipinski definition) is 3. The van der Waals surface area contributed by atoms with E-state index in [1.165, 1.54) is 0 Å². The van der Waals surface area contributed by atoms with E-state index >= 15 is 0 Å². The molecule has 6 heteroatoms. The van der Waals surface area contributed by atoms with Crippen LogP contribution in [-0.4, -0.2) is 26.0 Å². The topological polar surface area (TPSA) is 46.2 Å². The van der Waals surface area contributed by atoms with Crippen LogP contribution < -0.4 is 5.32 Å². The summed E-state index contributed by atoms with van der Waals surface area (Å²) in [5, 5.41) is 4.38. The Morgan fingerprint density at radius 3 is 2.79 bits per heavy atom. The normalized spacial score (nSPS) is 24.1. The van der Waals surface area contributed by atoms with Crippen molar-refractivity contribution >= 4 is 33.0 Å². The smallest absolute Gasteiger partial charge is 0.151 e. The highest BCUT2D eigenvalue weighted by Gasteiger charge is 2.26. The summed E-state index contributed by atoms with van der Waals surface area (Å²) in [6.07, 6.45) is 1.59. The maximum absolute atomic E-state index is 11.6. The second kappa shape index (κ2) is 6.00. The summed E-state index contributed by atoms with van der Waals surface area (Å²) in [6, 6.07) is 5.46. The standard InChI is InChI=1S/C13H17Cl2NO2S/c1-9(11-5-2-6-12(14)13(11)15)16-10-4-3-7-19(17,18)8-10/h2,5-6,9-10,16H,3-4,7-8H2,1H3. The summed E-state index contributed by atoms with van der Waals surface area (Å²) < 4.78 is 23.2. The summed E-state index contributed by atoms with van der Waals surface area (Å²) in [6.45, 7) is 1.97. The highest BCUT2D eigenvalue weighted by Crippen LogP contribution is 2.30. The van der Waals surface area contributed by atoms with Crippen LogP contribution >= 0.6 is 23.2 Å². The van der Waals surface area contributed by atoms with Crippen molar-refractivity contribution in [3.8, 4) is 0 Å². The molecule has 0 radical (unpaired) electrons. The van der Waals surface area contributed by atoms with Gasteiger partial charge in [-0.3, -0.25) is 0 Å². The molecular formula is C13H17Cl2NO2S. The Morgan fingerprint density at radius 2 is 2.11 bits per heavy atom. The molecule has 1 heterocycles. The minimum atomic E-state index is -2.90. The summed E-state index contributed by atoms with van der Waals surface area (Å²) >= 11 is 12.2. The highest BCUT2D eigenvalue weighted by molar-refractivity contribution is 7.91. The molecule has 1 saturated heterocycles. The third-order valence-corrected chi connectivity index (χ3v) is 6.05. The van der Waals surface area contributed by atoms with Gasteiger partial charge in [0.1, 0.15) is 0 Å². The number of hydrogen-bond donors (Lipinski definition) is 1. The fraction of sp³-hybridized carbons (Fsp3) is 0.538. The molecule has 0 aliphatic carbocycles. The summed E-state index contributed by atoms with van der Waals surface area (Å²) in [7, 11) is -2.90. The van der Waals surface area contributed by atoms with Gasteiger partial charge in [-0.2, -0.15) is 0 Å². The molecule has 1 aliphatic heterocycles. The fourth-order valence-corrected chi connectivity index (χ4v) is 4.57. The van der Waals surface area contributed by atoms with Crippen molar-refractivity contribution in [1.82, 2.24) is 5.32 Å². The summed E-state index contributed by atoms with van der Waals surface area (Å²) in [5.74, 6) is 0.507. The lowest BCUT2D eigenvalue weighted by molar-refractivity contribution is 0.437. The number of rotatable bonds is 3. The third kappa shape index (κ3) is 3.85. The average molecular weight is 322 g/mol. The first-order valence-electron chi connectivity index (χ1n) is 6.29. The number of benzene rings is 1. The van der Waals surface area contributed by atoms with Crippen molar-refractivity contribution in [2.75, 3.05) is 11.5 Å². The Morgan fingerprint density at radius 1 is 1.37 bits per heavy atom. The molecule has 0 saturated carbocycles.